The number of thiophene rings is 1. The Morgan fingerprint density at radius 3 is 1.90 bits per heavy atom. The molecule has 1 aliphatic heterocycles. The van der Waals surface area contributed by atoms with E-state index in [2.05, 4.69) is 168 Å². The van der Waals surface area contributed by atoms with Crippen molar-refractivity contribution in [2.75, 3.05) is 4.90 Å². The minimum absolute atomic E-state index is 0.165. The molecule has 3 heterocycles. The van der Waals surface area contributed by atoms with Gasteiger partial charge in [0.15, 0.2) is 0 Å². The Labute approximate surface area is 300 Å². The molecular weight excluding hydrogens is 641 g/mol. The summed E-state index contributed by atoms with van der Waals surface area (Å²) in [6, 6.07) is 57.1. The van der Waals surface area contributed by atoms with E-state index >= 15 is 0 Å². The highest BCUT2D eigenvalue weighted by Crippen LogP contribution is 2.43. The number of nitrogens with zero attached hydrogens (tertiary/aromatic N) is 1. The van der Waals surface area contributed by atoms with Gasteiger partial charge in [-0.15, -0.1) is 11.3 Å². The zero-order chi connectivity index (χ0) is 33.7. The van der Waals surface area contributed by atoms with E-state index in [1.165, 1.54) is 42.4 Å². The SMILES string of the molecule is C1=CNC(c2ccc(N(c3ccc(-c4ccccc4)cc3)c3ccc4sc5ccc(-c6ccc7c(c6)oc6ccccc67)cc5c4c3)cc2)C=C1. The number of benzene rings is 7. The maximum Gasteiger partial charge on any atom is 0.136 e. The number of furan rings is 1. The van der Waals surface area contributed by atoms with Crippen molar-refractivity contribution in [3.63, 3.8) is 0 Å². The molecule has 9 aromatic rings. The maximum atomic E-state index is 6.24. The lowest BCUT2D eigenvalue weighted by Gasteiger charge is -2.26. The van der Waals surface area contributed by atoms with Crippen molar-refractivity contribution in [3.05, 3.63) is 188 Å². The monoisotopic (exact) mass is 672 g/mol. The molecule has 4 heteroatoms. The fourth-order valence-corrected chi connectivity index (χ4v) is 8.42. The number of anilines is 3. The molecule has 1 N–H and O–H groups in total. The number of allylic oxidation sites excluding steroid dienone is 2. The Kier molecular flexibility index (Phi) is 7.07. The van der Waals surface area contributed by atoms with Crippen molar-refractivity contribution in [2.45, 2.75) is 6.04 Å². The standard InChI is InChI=1S/C47H32N2OS/c1-2-8-31(9-3-1)32-13-19-36(20-14-32)49(37-21-15-33(16-22-37)43-11-6-7-27-48-43)38-23-26-47-42(30-38)41-28-34(18-25-46(41)51-47)35-17-24-40-39-10-4-5-12-44(39)50-45(40)29-35/h1-30,43,48H. The summed E-state index contributed by atoms with van der Waals surface area (Å²) in [6.07, 6.45) is 8.31. The van der Waals surface area contributed by atoms with Crippen LogP contribution in [0.3, 0.4) is 0 Å². The molecule has 2 aromatic heterocycles. The van der Waals surface area contributed by atoms with Crippen LogP contribution in [0.2, 0.25) is 0 Å². The van der Waals surface area contributed by atoms with Crippen LogP contribution < -0.4 is 10.2 Å². The molecule has 0 aliphatic carbocycles. The molecule has 0 saturated carbocycles. The van der Waals surface area contributed by atoms with Gasteiger partial charge in [0.25, 0.3) is 0 Å². The zero-order valence-corrected chi connectivity index (χ0v) is 28.5. The van der Waals surface area contributed by atoms with Crippen LogP contribution in [0.5, 0.6) is 0 Å². The lowest BCUT2D eigenvalue weighted by molar-refractivity contribution is 0.669. The van der Waals surface area contributed by atoms with Crippen molar-refractivity contribution < 1.29 is 4.42 Å². The van der Waals surface area contributed by atoms with Crippen LogP contribution in [0.25, 0.3) is 64.4 Å². The van der Waals surface area contributed by atoms with Crippen molar-refractivity contribution in [1.82, 2.24) is 5.32 Å². The summed E-state index contributed by atoms with van der Waals surface area (Å²) in [4.78, 5) is 2.37. The molecule has 3 nitrogen and oxygen atoms in total. The summed E-state index contributed by atoms with van der Waals surface area (Å²) in [5.74, 6) is 0. The van der Waals surface area contributed by atoms with Crippen LogP contribution >= 0.6 is 11.3 Å². The van der Waals surface area contributed by atoms with E-state index in [4.69, 9.17) is 4.42 Å². The first-order valence-corrected chi connectivity index (χ1v) is 18.1. The van der Waals surface area contributed by atoms with E-state index in [9.17, 15) is 0 Å². The van der Waals surface area contributed by atoms with Crippen molar-refractivity contribution in [2.24, 2.45) is 0 Å². The van der Waals surface area contributed by atoms with Crippen LogP contribution in [0.15, 0.2) is 187 Å². The molecular formula is C47H32N2OS. The van der Waals surface area contributed by atoms with E-state index in [0.717, 1.165) is 44.6 Å². The van der Waals surface area contributed by atoms with Gasteiger partial charge in [-0.2, -0.15) is 0 Å². The Hall–Kier alpha value is -6.36. The van der Waals surface area contributed by atoms with Crippen LogP contribution in [0.4, 0.5) is 17.1 Å². The summed E-state index contributed by atoms with van der Waals surface area (Å²) in [5.41, 5.74) is 11.1. The number of para-hydroxylation sites is 1. The number of hydrogen-bond donors (Lipinski definition) is 1. The molecule has 0 amide bonds. The quantitative estimate of drug-likeness (QED) is 0.191. The van der Waals surface area contributed by atoms with E-state index in [1.807, 2.05) is 35.7 Å². The summed E-state index contributed by atoms with van der Waals surface area (Å²) < 4.78 is 8.80. The number of nitrogens with one attached hydrogen (secondary N) is 1. The molecule has 1 unspecified atom stereocenters. The molecule has 0 bridgehead atoms. The van der Waals surface area contributed by atoms with Crippen LogP contribution in [-0.4, -0.2) is 0 Å². The largest absolute Gasteiger partial charge is 0.456 e. The van der Waals surface area contributed by atoms with Crippen LogP contribution in [-0.2, 0) is 0 Å². The molecule has 10 rings (SSSR count). The fraction of sp³-hybridized carbons (Fsp3) is 0.0213. The Morgan fingerprint density at radius 2 is 1.10 bits per heavy atom. The Balaban J connectivity index is 1.07. The molecule has 1 atom stereocenters. The van der Waals surface area contributed by atoms with Crippen molar-refractivity contribution >= 4 is 70.5 Å². The molecule has 0 radical (unpaired) electrons. The predicted molar refractivity (Wildman–Crippen MR) is 216 cm³/mol. The van der Waals surface area contributed by atoms with E-state index in [1.54, 1.807) is 0 Å². The van der Waals surface area contributed by atoms with Crippen LogP contribution in [0, 0.1) is 0 Å². The van der Waals surface area contributed by atoms with Gasteiger partial charge in [-0.25, -0.2) is 0 Å². The second-order valence-corrected chi connectivity index (χ2v) is 14.1. The topological polar surface area (TPSA) is 28.4 Å². The van der Waals surface area contributed by atoms with Crippen molar-refractivity contribution in [3.8, 4) is 22.3 Å². The Bertz CT molecular complexity index is 2770. The van der Waals surface area contributed by atoms with Gasteiger partial charge >= 0.3 is 0 Å². The molecule has 1 aliphatic rings. The molecule has 51 heavy (non-hydrogen) atoms. The summed E-state index contributed by atoms with van der Waals surface area (Å²) in [7, 11) is 0. The zero-order valence-electron chi connectivity index (χ0n) is 27.7. The van der Waals surface area contributed by atoms with Gasteiger partial charge in [0, 0.05) is 48.0 Å². The van der Waals surface area contributed by atoms with E-state index in [0.29, 0.717) is 0 Å². The second-order valence-electron chi connectivity index (χ2n) is 13.0. The average Bonchev–Trinajstić information content (AvgIpc) is 3.76. The third kappa shape index (κ3) is 5.29. The van der Waals surface area contributed by atoms with Gasteiger partial charge < -0.3 is 14.6 Å². The lowest BCUT2D eigenvalue weighted by Crippen LogP contribution is -2.15. The van der Waals surface area contributed by atoms with Gasteiger partial charge in [0.1, 0.15) is 11.2 Å². The highest BCUT2D eigenvalue weighted by molar-refractivity contribution is 7.25. The number of rotatable bonds is 6. The van der Waals surface area contributed by atoms with Crippen LogP contribution in [0.1, 0.15) is 11.6 Å². The molecule has 0 fully saturated rings. The lowest BCUT2D eigenvalue weighted by atomic mass is 10.0. The van der Waals surface area contributed by atoms with Gasteiger partial charge in [0.2, 0.25) is 0 Å². The van der Waals surface area contributed by atoms with Gasteiger partial charge in [0.05, 0.1) is 6.04 Å². The van der Waals surface area contributed by atoms with Crippen molar-refractivity contribution in [1.29, 1.82) is 0 Å². The first-order chi connectivity index (χ1) is 25.2. The van der Waals surface area contributed by atoms with Gasteiger partial charge in [-0.3, -0.25) is 0 Å². The minimum atomic E-state index is 0.165. The third-order valence-corrected chi connectivity index (χ3v) is 11.1. The molecule has 0 spiro atoms. The van der Waals surface area contributed by atoms with Gasteiger partial charge in [-0.05, 0) is 113 Å². The first-order valence-electron chi connectivity index (χ1n) is 17.3. The van der Waals surface area contributed by atoms with E-state index in [-0.39, 0.29) is 6.04 Å². The summed E-state index contributed by atoms with van der Waals surface area (Å²) >= 11 is 1.84. The van der Waals surface area contributed by atoms with Gasteiger partial charge in [-0.1, -0.05) is 97.1 Å². The number of fused-ring (bicyclic) bond motifs is 6. The highest BCUT2D eigenvalue weighted by atomic mass is 32.1. The minimum Gasteiger partial charge on any atom is -0.456 e. The predicted octanol–water partition coefficient (Wildman–Crippen LogP) is 13.5. The normalized spacial score (nSPS) is 14.1. The highest BCUT2D eigenvalue weighted by Gasteiger charge is 2.17. The van der Waals surface area contributed by atoms with E-state index < -0.39 is 0 Å². The fourth-order valence-electron chi connectivity index (χ4n) is 7.35. The average molecular weight is 673 g/mol. The smallest absolute Gasteiger partial charge is 0.136 e. The molecule has 242 valence electrons. The maximum absolute atomic E-state index is 6.24. The summed E-state index contributed by atoms with van der Waals surface area (Å²) in [6.45, 7) is 0. The number of dihydropyridines is 1. The molecule has 7 aromatic carbocycles. The third-order valence-electron chi connectivity index (χ3n) is 9.95. The Morgan fingerprint density at radius 1 is 0.471 bits per heavy atom. The first kappa shape index (κ1) is 29.5. The summed E-state index contributed by atoms with van der Waals surface area (Å²) in [5, 5.41) is 8.26. The molecule has 0 saturated heterocycles. The second kappa shape index (κ2) is 12.2. The number of hydrogen-bond acceptors (Lipinski definition) is 4.